The maximum Gasteiger partial charge on any atom is 0.295 e. The number of carbonyl (C=O) groups is 2. The van der Waals surface area contributed by atoms with Crippen molar-refractivity contribution in [2.24, 2.45) is 0 Å². The minimum atomic E-state index is -0.812. The fourth-order valence-electron chi connectivity index (χ4n) is 4.30. The van der Waals surface area contributed by atoms with E-state index in [-0.39, 0.29) is 17.4 Å². The van der Waals surface area contributed by atoms with Gasteiger partial charge in [-0.2, -0.15) is 0 Å². The number of aliphatic hydroxyl groups is 1. The van der Waals surface area contributed by atoms with Crippen LogP contribution in [0.3, 0.4) is 0 Å². The van der Waals surface area contributed by atoms with Gasteiger partial charge >= 0.3 is 0 Å². The highest BCUT2D eigenvalue weighted by atomic mass is 19.1. The second kappa shape index (κ2) is 10.4. The summed E-state index contributed by atoms with van der Waals surface area (Å²) in [5, 5.41) is 11.1. The molecule has 0 aliphatic carbocycles. The van der Waals surface area contributed by atoms with Gasteiger partial charge in [0.2, 0.25) is 0 Å². The van der Waals surface area contributed by atoms with Crippen LogP contribution in [0.25, 0.3) is 5.76 Å². The molecule has 0 spiro atoms. The lowest BCUT2D eigenvalue weighted by Crippen LogP contribution is -2.42. The number of halogens is 1. The third kappa shape index (κ3) is 5.13. The molecule has 2 aromatic carbocycles. The Morgan fingerprint density at radius 3 is 2.32 bits per heavy atom. The molecule has 1 unspecified atom stereocenters. The minimum absolute atomic E-state index is 0.00360. The number of amides is 1. The number of nitrogens with zero attached hydrogens (tertiary/aromatic N) is 2. The number of likely N-dealkylation sites (tertiary alicyclic amines) is 1. The average Bonchev–Trinajstić information content (AvgIpc) is 3.08. The van der Waals surface area contributed by atoms with Crippen molar-refractivity contribution >= 4 is 17.4 Å². The van der Waals surface area contributed by atoms with Crippen LogP contribution in [0.15, 0.2) is 54.1 Å². The highest BCUT2D eigenvalue weighted by Crippen LogP contribution is 2.39. The van der Waals surface area contributed by atoms with E-state index < -0.39 is 23.5 Å². The van der Waals surface area contributed by atoms with Crippen LogP contribution >= 0.6 is 0 Å². The van der Waals surface area contributed by atoms with E-state index >= 15 is 0 Å². The lowest BCUT2D eigenvalue weighted by molar-refractivity contribution is -0.140. The smallest absolute Gasteiger partial charge is 0.295 e. The lowest BCUT2D eigenvalue weighted by atomic mass is 9.95. The fraction of sp³-hybridized carbons (Fsp3) is 0.385. The summed E-state index contributed by atoms with van der Waals surface area (Å²) in [7, 11) is 0. The summed E-state index contributed by atoms with van der Waals surface area (Å²) < 4.78 is 24.6. The minimum Gasteiger partial charge on any atom is -0.507 e. The predicted octanol–water partition coefficient (Wildman–Crippen LogP) is 3.37. The second-order valence-corrected chi connectivity index (χ2v) is 8.69. The summed E-state index contributed by atoms with van der Waals surface area (Å²) in [5.41, 5.74) is 0.953. The van der Waals surface area contributed by atoms with Crippen LogP contribution in [0.5, 0.6) is 5.75 Å². The molecular formula is C26H29FN2O5. The highest BCUT2D eigenvalue weighted by molar-refractivity contribution is 6.46. The Morgan fingerprint density at radius 2 is 1.71 bits per heavy atom. The first-order valence-corrected chi connectivity index (χ1v) is 11.5. The highest BCUT2D eigenvalue weighted by Gasteiger charge is 2.46. The quantitative estimate of drug-likeness (QED) is 0.381. The first-order chi connectivity index (χ1) is 16.3. The molecule has 2 aliphatic rings. The van der Waals surface area contributed by atoms with Crippen molar-refractivity contribution in [2.45, 2.75) is 26.0 Å². The molecule has 180 valence electrons. The number of hydrogen-bond donors (Lipinski definition) is 1. The van der Waals surface area contributed by atoms with E-state index in [1.54, 1.807) is 36.4 Å². The molecule has 7 nitrogen and oxygen atoms in total. The summed E-state index contributed by atoms with van der Waals surface area (Å²) in [5.74, 6) is -1.49. The Balaban J connectivity index is 1.69. The van der Waals surface area contributed by atoms with Gasteiger partial charge in [0.05, 0.1) is 30.9 Å². The summed E-state index contributed by atoms with van der Waals surface area (Å²) in [4.78, 5) is 29.8. The Kier molecular flexibility index (Phi) is 7.29. The Bertz CT molecular complexity index is 1060. The number of benzene rings is 2. The summed E-state index contributed by atoms with van der Waals surface area (Å²) in [6, 6.07) is 11.6. The SMILES string of the molecule is CC(C)Oc1ccc(C(O)=C2C(=O)C(=O)N(CCN3CCOCC3)C2c2ccc(F)cc2)cc1. The molecule has 1 atom stereocenters. The van der Waals surface area contributed by atoms with Crippen molar-refractivity contribution in [1.82, 2.24) is 9.80 Å². The molecule has 2 aliphatic heterocycles. The standard InChI is InChI=1S/C26H29FN2O5/c1-17(2)34-21-9-5-19(6-10-21)24(30)22-23(18-3-7-20(27)8-4-18)29(26(32)25(22)31)12-11-28-13-15-33-16-14-28/h3-10,17,23,30H,11-16H2,1-2H3. The zero-order valence-corrected chi connectivity index (χ0v) is 19.4. The van der Waals surface area contributed by atoms with Gasteiger partial charge in [-0.1, -0.05) is 12.1 Å². The van der Waals surface area contributed by atoms with Gasteiger partial charge < -0.3 is 19.5 Å². The van der Waals surface area contributed by atoms with Gasteiger partial charge in [0, 0.05) is 31.7 Å². The number of Topliss-reactive ketones (excluding diaryl/α,β-unsaturated/α-hetero) is 1. The molecule has 8 heteroatoms. The number of hydrogen-bond acceptors (Lipinski definition) is 6. The topological polar surface area (TPSA) is 79.3 Å². The fourth-order valence-corrected chi connectivity index (χ4v) is 4.30. The molecular weight excluding hydrogens is 439 g/mol. The molecule has 2 heterocycles. The van der Waals surface area contributed by atoms with Gasteiger partial charge in [-0.15, -0.1) is 0 Å². The maximum atomic E-state index is 13.6. The van der Waals surface area contributed by atoms with Gasteiger partial charge in [-0.05, 0) is 55.8 Å². The molecule has 2 fully saturated rings. The van der Waals surface area contributed by atoms with Crippen LogP contribution in [0, 0.1) is 5.82 Å². The Morgan fingerprint density at radius 1 is 1.06 bits per heavy atom. The number of aliphatic hydroxyl groups excluding tert-OH is 1. The monoisotopic (exact) mass is 468 g/mol. The average molecular weight is 469 g/mol. The summed E-state index contributed by atoms with van der Waals surface area (Å²) in [6.45, 7) is 7.42. The van der Waals surface area contributed by atoms with E-state index in [0.29, 0.717) is 43.2 Å². The first kappa shape index (κ1) is 23.9. The molecule has 1 amide bonds. The van der Waals surface area contributed by atoms with Crippen molar-refractivity contribution < 1.29 is 28.6 Å². The number of morpholine rings is 1. The largest absolute Gasteiger partial charge is 0.507 e. The summed E-state index contributed by atoms with van der Waals surface area (Å²) >= 11 is 0. The second-order valence-electron chi connectivity index (χ2n) is 8.69. The van der Waals surface area contributed by atoms with Crippen molar-refractivity contribution in [1.29, 1.82) is 0 Å². The zero-order chi connectivity index (χ0) is 24.2. The molecule has 34 heavy (non-hydrogen) atoms. The zero-order valence-electron chi connectivity index (χ0n) is 19.4. The third-order valence-electron chi connectivity index (χ3n) is 5.99. The maximum absolute atomic E-state index is 13.6. The Labute approximate surface area is 198 Å². The van der Waals surface area contributed by atoms with Crippen LogP contribution in [0.2, 0.25) is 0 Å². The van der Waals surface area contributed by atoms with E-state index in [1.807, 2.05) is 13.8 Å². The van der Waals surface area contributed by atoms with E-state index in [9.17, 15) is 19.1 Å². The molecule has 0 aromatic heterocycles. The van der Waals surface area contributed by atoms with E-state index in [1.165, 1.54) is 17.0 Å². The van der Waals surface area contributed by atoms with Gasteiger partial charge in [-0.25, -0.2) is 4.39 Å². The predicted molar refractivity (Wildman–Crippen MR) is 125 cm³/mol. The number of ketones is 1. The van der Waals surface area contributed by atoms with E-state index in [2.05, 4.69) is 4.90 Å². The van der Waals surface area contributed by atoms with Crippen molar-refractivity contribution in [2.75, 3.05) is 39.4 Å². The molecule has 2 saturated heterocycles. The van der Waals surface area contributed by atoms with Crippen molar-refractivity contribution in [3.63, 3.8) is 0 Å². The van der Waals surface area contributed by atoms with Gasteiger partial charge in [0.25, 0.3) is 11.7 Å². The number of carbonyl (C=O) groups excluding carboxylic acids is 2. The van der Waals surface area contributed by atoms with Crippen molar-refractivity contribution in [3.8, 4) is 5.75 Å². The number of rotatable bonds is 7. The van der Waals surface area contributed by atoms with Gasteiger partial charge in [0.1, 0.15) is 17.3 Å². The van der Waals surface area contributed by atoms with Crippen LogP contribution in [0.4, 0.5) is 4.39 Å². The molecule has 0 bridgehead atoms. The van der Waals surface area contributed by atoms with Crippen molar-refractivity contribution in [3.05, 3.63) is 71.0 Å². The van der Waals surface area contributed by atoms with Crippen LogP contribution < -0.4 is 4.74 Å². The molecule has 4 rings (SSSR count). The molecule has 0 saturated carbocycles. The molecule has 1 N–H and O–H groups in total. The first-order valence-electron chi connectivity index (χ1n) is 11.5. The number of ether oxygens (including phenoxy) is 2. The third-order valence-corrected chi connectivity index (χ3v) is 5.99. The molecule has 2 aromatic rings. The summed E-state index contributed by atoms with van der Waals surface area (Å²) in [6.07, 6.45) is -0.00489. The van der Waals surface area contributed by atoms with Gasteiger partial charge in [0.15, 0.2) is 0 Å². The van der Waals surface area contributed by atoms with Gasteiger partial charge in [-0.3, -0.25) is 14.5 Å². The van der Waals surface area contributed by atoms with Crippen LogP contribution in [-0.2, 0) is 14.3 Å². The van der Waals surface area contributed by atoms with E-state index in [4.69, 9.17) is 9.47 Å². The Hall–Kier alpha value is -3.23. The lowest BCUT2D eigenvalue weighted by Gasteiger charge is -2.31. The van der Waals surface area contributed by atoms with Crippen LogP contribution in [0.1, 0.15) is 31.0 Å². The molecule has 0 radical (unpaired) electrons. The van der Waals surface area contributed by atoms with E-state index in [0.717, 1.165) is 13.1 Å². The normalized spacial score (nSPS) is 20.8. The van der Waals surface area contributed by atoms with Crippen LogP contribution in [-0.4, -0.2) is 72.1 Å².